The average molecular weight is 250 g/mol. The van der Waals surface area contributed by atoms with Gasteiger partial charge in [-0.1, -0.05) is 31.4 Å². The summed E-state index contributed by atoms with van der Waals surface area (Å²) in [7, 11) is -1.02. The van der Waals surface area contributed by atoms with Gasteiger partial charge in [-0.05, 0) is 37.4 Å². The first-order chi connectivity index (χ1) is 8.03. The Morgan fingerprint density at radius 3 is 2.24 bits per heavy atom. The number of hydrogen-bond acceptors (Lipinski definition) is 2. The van der Waals surface area contributed by atoms with Crippen LogP contribution < -0.4 is 0 Å². The Balaban J connectivity index is 1.54. The Hall–Kier alpha value is -0.0582. The van der Waals surface area contributed by atoms with Crippen molar-refractivity contribution in [1.29, 1.82) is 0 Å². The number of hydrogen-bond donors (Lipinski definition) is 0. The third-order valence-electron chi connectivity index (χ3n) is 4.33. The van der Waals surface area contributed by atoms with E-state index < -0.39 is 8.07 Å². The molecule has 3 fully saturated rings. The lowest BCUT2D eigenvalue weighted by atomic mass is 9.85. The molecule has 4 heteroatoms. The van der Waals surface area contributed by atoms with Gasteiger partial charge in [0, 0.05) is 0 Å². The van der Waals surface area contributed by atoms with Crippen LogP contribution in [-0.4, -0.2) is 27.4 Å². The summed E-state index contributed by atoms with van der Waals surface area (Å²) in [6.45, 7) is 7.07. The smallest absolute Gasteiger partial charge is 0.405 e. The second-order valence-corrected chi connectivity index (χ2v) is 12.0. The van der Waals surface area contributed by atoms with Crippen molar-refractivity contribution >= 4 is 15.2 Å². The molecule has 0 N–H and O–H groups in total. The van der Waals surface area contributed by atoms with Gasteiger partial charge in [0.25, 0.3) is 0 Å². The molecule has 1 aliphatic heterocycles. The number of fused-ring (bicyclic) bond motifs is 5. The first-order valence-corrected chi connectivity index (χ1v) is 10.6. The summed E-state index contributed by atoms with van der Waals surface area (Å²) in [5.41, 5.74) is 2.39. The molecule has 0 radical (unpaired) electrons. The maximum atomic E-state index is 6.08. The van der Waals surface area contributed by atoms with Gasteiger partial charge in [0.2, 0.25) is 0 Å². The van der Waals surface area contributed by atoms with Crippen LogP contribution >= 0.6 is 0 Å². The van der Waals surface area contributed by atoms with E-state index in [-0.39, 0.29) is 7.12 Å². The summed E-state index contributed by atoms with van der Waals surface area (Å²) in [5.74, 6) is 1.60. The molecule has 4 unspecified atom stereocenters. The lowest BCUT2D eigenvalue weighted by Gasteiger charge is -2.22. The monoisotopic (exact) mass is 250 g/mol. The molecule has 4 atom stereocenters. The Kier molecular flexibility index (Phi) is 3.00. The Morgan fingerprint density at radius 2 is 1.71 bits per heavy atom. The minimum Gasteiger partial charge on any atom is -0.405 e. The van der Waals surface area contributed by atoms with E-state index in [0.29, 0.717) is 12.2 Å². The highest BCUT2D eigenvalue weighted by atomic mass is 28.3. The molecule has 1 saturated heterocycles. The molecule has 0 aromatic heterocycles. The van der Waals surface area contributed by atoms with E-state index in [1.54, 1.807) is 0 Å². The molecule has 0 aromatic rings. The predicted octanol–water partition coefficient (Wildman–Crippen LogP) is 3.12. The quantitative estimate of drug-likeness (QED) is 0.716. The molecule has 94 valence electrons. The van der Waals surface area contributed by atoms with Crippen molar-refractivity contribution < 1.29 is 9.31 Å². The van der Waals surface area contributed by atoms with E-state index in [1.165, 1.54) is 19.3 Å². The van der Waals surface area contributed by atoms with Crippen molar-refractivity contribution in [3.63, 3.8) is 0 Å². The van der Waals surface area contributed by atoms with E-state index in [9.17, 15) is 0 Å². The van der Waals surface area contributed by atoms with Crippen molar-refractivity contribution in [2.45, 2.75) is 57.4 Å². The highest BCUT2D eigenvalue weighted by molar-refractivity contribution is 6.81. The van der Waals surface area contributed by atoms with Crippen LogP contribution in [0, 0.1) is 11.8 Å². The van der Waals surface area contributed by atoms with Crippen molar-refractivity contribution in [3.8, 4) is 0 Å². The summed E-state index contributed by atoms with van der Waals surface area (Å²) < 4.78 is 12.2. The zero-order valence-corrected chi connectivity index (χ0v) is 12.2. The van der Waals surface area contributed by atoms with Crippen LogP contribution in [0.2, 0.25) is 26.0 Å². The lowest BCUT2D eigenvalue weighted by molar-refractivity contribution is 0.100. The minimum absolute atomic E-state index is 0.0426. The van der Waals surface area contributed by atoms with Gasteiger partial charge < -0.3 is 9.31 Å². The van der Waals surface area contributed by atoms with Crippen molar-refractivity contribution in [2.24, 2.45) is 11.8 Å². The van der Waals surface area contributed by atoms with Gasteiger partial charge in [0.15, 0.2) is 0 Å². The predicted molar refractivity (Wildman–Crippen MR) is 73.6 cm³/mol. The fourth-order valence-corrected chi connectivity index (χ4v) is 4.43. The van der Waals surface area contributed by atoms with Crippen LogP contribution in [0.15, 0.2) is 11.8 Å². The van der Waals surface area contributed by atoms with Crippen LogP contribution in [0.1, 0.15) is 19.3 Å². The molecule has 2 nitrogen and oxygen atoms in total. The Labute approximate surface area is 106 Å². The Bertz CT molecular complexity index is 308. The van der Waals surface area contributed by atoms with E-state index in [2.05, 4.69) is 31.4 Å². The zero-order chi connectivity index (χ0) is 12.0. The van der Waals surface area contributed by atoms with Crippen LogP contribution in [0.25, 0.3) is 0 Å². The van der Waals surface area contributed by atoms with Gasteiger partial charge in [0.1, 0.15) is 0 Å². The third kappa shape index (κ3) is 2.40. The standard InChI is InChI=1S/C13H23BO2Si/c1-17(2,3)8-4-7-14-15-12-10-5-6-11(9-10)13(12)16-14/h4,8,10-13H,5-7,9H2,1-3H3/b8-4+. The average Bonchev–Trinajstić information content (AvgIpc) is 2.85. The van der Waals surface area contributed by atoms with Gasteiger partial charge in [-0.3, -0.25) is 0 Å². The van der Waals surface area contributed by atoms with Gasteiger partial charge in [-0.25, -0.2) is 0 Å². The van der Waals surface area contributed by atoms with Crippen molar-refractivity contribution in [3.05, 3.63) is 11.8 Å². The van der Waals surface area contributed by atoms with Crippen molar-refractivity contribution in [2.75, 3.05) is 0 Å². The summed E-state index contributed by atoms with van der Waals surface area (Å²) in [4.78, 5) is 0. The highest BCUT2D eigenvalue weighted by Gasteiger charge is 2.54. The maximum Gasteiger partial charge on any atom is 0.461 e. The Morgan fingerprint density at radius 1 is 1.12 bits per heavy atom. The maximum absolute atomic E-state index is 6.08. The molecule has 0 amide bonds. The molecule has 0 spiro atoms. The first kappa shape index (κ1) is 12.0. The SMILES string of the molecule is C[Si](C)(C)/C=C/CB1OC2C3CCC(C3)C2O1. The number of rotatable bonds is 3. The van der Waals surface area contributed by atoms with E-state index >= 15 is 0 Å². The molecule has 1 heterocycles. The van der Waals surface area contributed by atoms with Gasteiger partial charge in [-0.15, -0.1) is 0 Å². The van der Waals surface area contributed by atoms with E-state index in [4.69, 9.17) is 9.31 Å². The molecule has 0 aromatic carbocycles. The summed E-state index contributed by atoms with van der Waals surface area (Å²) >= 11 is 0. The molecule has 17 heavy (non-hydrogen) atoms. The normalized spacial score (nSPS) is 40.5. The van der Waals surface area contributed by atoms with Crippen LogP contribution in [0.3, 0.4) is 0 Å². The number of allylic oxidation sites excluding steroid dienone is 1. The van der Waals surface area contributed by atoms with Gasteiger partial charge in [0.05, 0.1) is 20.3 Å². The largest absolute Gasteiger partial charge is 0.461 e. The van der Waals surface area contributed by atoms with Gasteiger partial charge >= 0.3 is 7.12 Å². The van der Waals surface area contributed by atoms with Crippen LogP contribution in [0.4, 0.5) is 0 Å². The second kappa shape index (κ2) is 4.25. The van der Waals surface area contributed by atoms with E-state index in [1.807, 2.05) is 0 Å². The highest BCUT2D eigenvalue weighted by Crippen LogP contribution is 2.50. The fourth-order valence-electron chi connectivity index (χ4n) is 3.59. The molecule has 2 aliphatic carbocycles. The molecular formula is C13H23BO2Si. The van der Waals surface area contributed by atoms with Crippen LogP contribution in [0.5, 0.6) is 0 Å². The summed E-state index contributed by atoms with van der Waals surface area (Å²) in [6, 6.07) is 0. The second-order valence-electron chi connectivity index (χ2n) is 6.97. The molecule has 2 saturated carbocycles. The topological polar surface area (TPSA) is 18.5 Å². The lowest BCUT2D eigenvalue weighted by Crippen LogP contribution is -2.28. The first-order valence-electron chi connectivity index (χ1n) is 7.01. The molecule has 2 bridgehead atoms. The van der Waals surface area contributed by atoms with Crippen molar-refractivity contribution in [1.82, 2.24) is 0 Å². The fraction of sp³-hybridized carbons (Fsp3) is 0.846. The summed E-state index contributed by atoms with van der Waals surface area (Å²) in [5, 5.41) is 0. The third-order valence-corrected chi connectivity index (χ3v) is 5.57. The zero-order valence-electron chi connectivity index (χ0n) is 11.2. The molecular weight excluding hydrogens is 227 g/mol. The molecule has 3 aliphatic rings. The van der Waals surface area contributed by atoms with Gasteiger partial charge in [-0.2, -0.15) is 0 Å². The van der Waals surface area contributed by atoms with Crippen LogP contribution in [-0.2, 0) is 9.31 Å². The summed E-state index contributed by atoms with van der Waals surface area (Å²) in [6.07, 6.45) is 8.17. The minimum atomic E-state index is -1.06. The molecule has 3 rings (SSSR count). The van der Waals surface area contributed by atoms with E-state index in [0.717, 1.165) is 18.2 Å².